The van der Waals surface area contributed by atoms with E-state index in [0.29, 0.717) is 15.7 Å². The Morgan fingerprint density at radius 3 is 2.40 bits per heavy atom. The van der Waals surface area contributed by atoms with Crippen molar-refractivity contribution in [3.05, 3.63) is 52.0 Å². The zero-order valence-corrected chi connectivity index (χ0v) is 13.4. The Morgan fingerprint density at radius 2 is 1.80 bits per heavy atom. The van der Waals surface area contributed by atoms with Crippen molar-refractivity contribution in [3.63, 3.8) is 0 Å². The van der Waals surface area contributed by atoms with Crippen LogP contribution in [0, 0.1) is 13.8 Å². The number of hydrogen-bond acceptors (Lipinski definition) is 3. The monoisotopic (exact) mass is 355 g/mol. The summed E-state index contributed by atoms with van der Waals surface area (Å²) in [6.45, 7) is 3.61. The van der Waals surface area contributed by atoms with Crippen molar-refractivity contribution in [2.45, 2.75) is 18.7 Å². The van der Waals surface area contributed by atoms with Crippen molar-refractivity contribution in [1.82, 2.24) is 0 Å². The van der Waals surface area contributed by atoms with E-state index in [1.165, 1.54) is 18.2 Å². The van der Waals surface area contributed by atoms with Gasteiger partial charge in [-0.2, -0.15) is 0 Å². The van der Waals surface area contributed by atoms with E-state index in [4.69, 9.17) is 0 Å². The number of phenols is 1. The van der Waals surface area contributed by atoms with Crippen LogP contribution in [0.1, 0.15) is 11.1 Å². The standard InChI is InChI=1S/C14H14BrNO3S/c1-9-3-6-14(12(15)7-9)20(18,19)16-13-5-4-11(17)8-10(13)2/h3-8,16-17H,1-2H3. The predicted molar refractivity (Wildman–Crippen MR) is 82.5 cm³/mol. The molecule has 0 fully saturated rings. The van der Waals surface area contributed by atoms with E-state index in [9.17, 15) is 13.5 Å². The zero-order valence-electron chi connectivity index (χ0n) is 11.0. The molecule has 0 heterocycles. The fraction of sp³-hybridized carbons (Fsp3) is 0.143. The van der Waals surface area contributed by atoms with Crippen molar-refractivity contribution in [2.24, 2.45) is 0 Å². The molecule has 0 atom stereocenters. The Balaban J connectivity index is 2.41. The van der Waals surface area contributed by atoms with Gasteiger partial charge in [0.25, 0.3) is 10.0 Å². The van der Waals surface area contributed by atoms with Gasteiger partial charge in [0.1, 0.15) is 10.6 Å². The number of anilines is 1. The minimum absolute atomic E-state index is 0.0990. The van der Waals surface area contributed by atoms with E-state index < -0.39 is 10.0 Å². The lowest BCUT2D eigenvalue weighted by atomic mass is 10.2. The number of halogens is 1. The summed E-state index contributed by atoms with van der Waals surface area (Å²) in [6, 6.07) is 9.51. The first-order valence-corrected chi connectivity index (χ1v) is 8.16. The van der Waals surface area contributed by atoms with Gasteiger partial charge in [0.15, 0.2) is 0 Å². The molecule has 6 heteroatoms. The largest absolute Gasteiger partial charge is 0.508 e. The Bertz CT molecular complexity index is 757. The highest BCUT2D eigenvalue weighted by molar-refractivity contribution is 9.10. The molecule has 0 bridgehead atoms. The van der Waals surface area contributed by atoms with Crippen LogP contribution < -0.4 is 4.72 Å². The average Bonchev–Trinajstić information content (AvgIpc) is 2.32. The third-order valence-corrected chi connectivity index (χ3v) is 5.17. The lowest BCUT2D eigenvalue weighted by molar-refractivity contribution is 0.475. The first-order valence-electron chi connectivity index (χ1n) is 5.88. The van der Waals surface area contributed by atoms with Crippen LogP contribution in [0.3, 0.4) is 0 Å². The summed E-state index contributed by atoms with van der Waals surface area (Å²) in [7, 11) is -3.67. The summed E-state index contributed by atoms with van der Waals surface area (Å²) < 4.78 is 27.8. The number of sulfonamides is 1. The normalized spacial score (nSPS) is 11.3. The highest BCUT2D eigenvalue weighted by Crippen LogP contribution is 2.27. The molecule has 0 amide bonds. The number of nitrogens with one attached hydrogen (secondary N) is 1. The fourth-order valence-corrected chi connectivity index (χ4v) is 4.11. The van der Waals surface area contributed by atoms with E-state index >= 15 is 0 Å². The minimum Gasteiger partial charge on any atom is -0.508 e. The number of aromatic hydroxyl groups is 1. The van der Waals surface area contributed by atoms with Gasteiger partial charge >= 0.3 is 0 Å². The highest BCUT2D eigenvalue weighted by Gasteiger charge is 2.18. The minimum atomic E-state index is -3.67. The Kier molecular flexibility index (Phi) is 4.06. The van der Waals surface area contributed by atoms with Crippen molar-refractivity contribution >= 4 is 31.6 Å². The van der Waals surface area contributed by atoms with Crippen LogP contribution in [-0.4, -0.2) is 13.5 Å². The lowest BCUT2D eigenvalue weighted by Crippen LogP contribution is -2.14. The number of phenolic OH excluding ortho intramolecular Hbond substituents is 1. The maximum absolute atomic E-state index is 12.4. The summed E-state index contributed by atoms with van der Waals surface area (Å²) in [6.07, 6.45) is 0. The van der Waals surface area contributed by atoms with Crippen LogP contribution in [0.25, 0.3) is 0 Å². The van der Waals surface area contributed by atoms with Gasteiger partial charge in [0.05, 0.1) is 5.69 Å². The van der Waals surface area contributed by atoms with Crippen molar-refractivity contribution < 1.29 is 13.5 Å². The van der Waals surface area contributed by atoms with Crippen LogP contribution in [0.15, 0.2) is 45.8 Å². The highest BCUT2D eigenvalue weighted by atomic mass is 79.9. The number of aryl methyl sites for hydroxylation is 2. The molecule has 0 saturated carbocycles. The van der Waals surface area contributed by atoms with Gasteiger partial charge < -0.3 is 5.11 Å². The van der Waals surface area contributed by atoms with Gasteiger partial charge in [0.2, 0.25) is 0 Å². The van der Waals surface area contributed by atoms with Gasteiger partial charge in [0, 0.05) is 4.47 Å². The molecule has 0 aliphatic heterocycles. The summed E-state index contributed by atoms with van der Waals surface area (Å²) in [5.74, 6) is 0.0990. The van der Waals surface area contributed by atoms with E-state index in [-0.39, 0.29) is 10.6 Å². The van der Waals surface area contributed by atoms with Crippen molar-refractivity contribution in [2.75, 3.05) is 4.72 Å². The van der Waals surface area contributed by atoms with E-state index in [1.54, 1.807) is 25.1 Å². The maximum Gasteiger partial charge on any atom is 0.263 e. The molecule has 2 aromatic carbocycles. The summed E-state index contributed by atoms with van der Waals surface area (Å²) >= 11 is 3.27. The van der Waals surface area contributed by atoms with Gasteiger partial charge in [-0.05, 0) is 71.2 Å². The second kappa shape index (κ2) is 5.46. The van der Waals surface area contributed by atoms with E-state index in [2.05, 4.69) is 20.7 Å². The second-order valence-corrected chi connectivity index (χ2v) is 7.04. The Morgan fingerprint density at radius 1 is 1.10 bits per heavy atom. The molecule has 0 aromatic heterocycles. The molecule has 20 heavy (non-hydrogen) atoms. The van der Waals surface area contributed by atoms with Crippen molar-refractivity contribution in [3.8, 4) is 5.75 Å². The average molecular weight is 356 g/mol. The molecule has 2 N–H and O–H groups in total. The molecule has 0 aliphatic carbocycles. The van der Waals surface area contributed by atoms with Crippen molar-refractivity contribution in [1.29, 1.82) is 0 Å². The van der Waals surface area contributed by atoms with Gasteiger partial charge in [-0.25, -0.2) is 8.42 Å². The van der Waals surface area contributed by atoms with Gasteiger partial charge in [-0.1, -0.05) is 6.07 Å². The van der Waals surface area contributed by atoms with E-state index in [0.717, 1.165) is 5.56 Å². The fourth-order valence-electron chi connectivity index (χ4n) is 1.79. The van der Waals surface area contributed by atoms with E-state index in [1.807, 2.05) is 6.92 Å². The molecule has 2 aromatic rings. The molecule has 0 radical (unpaired) electrons. The Hall–Kier alpha value is -1.53. The predicted octanol–water partition coefficient (Wildman–Crippen LogP) is 3.57. The number of hydrogen-bond donors (Lipinski definition) is 2. The quantitative estimate of drug-likeness (QED) is 0.827. The molecule has 2 rings (SSSR count). The van der Waals surface area contributed by atoms with Crippen LogP contribution >= 0.6 is 15.9 Å². The Labute approximate surface area is 126 Å². The van der Waals surface area contributed by atoms with Crippen LogP contribution in [0.5, 0.6) is 5.75 Å². The summed E-state index contributed by atoms with van der Waals surface area (Å²) in [4.78, 5) is 0.176. The lowest BCUT2D eigenvalue weighted by Gasteiger charge is -2.12. The van der Waals surface area contributed by atoms with Crippen LogP contribution in [-0.2, 0) is 10.0 Å². The third kappa shape index (κ3) is 3.13. The molecule has 0 unspecified atom stereocenters. The summed E-state index contributed by atoms with van der Waals surface area (Å²) in [5.41, 5.74) is 2.06. The maximum atomic E-state index is 12.4. The molecule has 106 valence electrons. The second-order valence-electron chi connectivity index (χ2n) is 4.54. The third-order valence-electron chi connectivity index (χ3n) is 2.83. The smallest absolute Gasteiger partial charge is 0.263 e. The molecule has 0 spiro atoms. The molecule has 0 saturated heterocycles. The molecular weight excluding hydrogens is 342 g/mol. The molecule has 4 nitrogen and oxygen atoms in total. The topological polar surface area (TPSA) is 66.4 Å². The number of rotatable bonds is 3. The molecular formula is C14H14BrNO3S. The SMILES string of the molecule is Cc1ccc(S(=O)(=O)Nc2ccc(O)cc2C)c(Br)c1. The first kappa shape index (κ1) is 14.9. The molecule has 0 aliphatic rings. The summed E-state index contributed by atoms with van der Waals surface area (Å²) in [5, 5.41) is 9.34. The van der Waals surface area contributed by atoms with Gasteiger partial charge in [-0.15, -0.1) is 0 Å². The number of benzene rings is 2. The van der Waals surface area contributed by atoms with Crippen LogP contribution in [0.2, 0.25) is 0 Å². The van der Waals surface area contributed by atoms with Gasteiger partial charge in [-0.3, -0.25) is 4.72 Å². The van der Waals surface area contributed by atoms with Crippen LogP contribution in [0.4, 0.5) is 5.69 Å². The zero-order chi connectivity index (χ0) is 14.9. The first-order chi connectivity index (χ1) is 9.29.